The van der Waals surface area contributed by atoms with Crippen molar-refractivity contribution in [2.45, 2.75) is 19.3 Å². The number of alkyl halides is 3. The van der Waals surface area contributed by atoms with E-state index in [2.05, 4.69) is 0 Å². The standard InChI is InChI=1S/C15H13F4NO/c16-14-4-2-1-3-11(14)9-21-12-6-5-10(8-20)13(7-12)15(17,18)19/h1-7H,8-9,20H2. The van der Waals surface area contributed by atoms with Gasteiger partial charge in [0.1, 0.15) is 18.2 Å². The van der Waals surface area contributed by atoms with Crippen LogP contribution in [0, 0.1) is 5.82 Å². The fraction of sp³-hybridized carbons (Fsp3) is 0.200. The first-order chi connectivity index (χ1) is 9.91. The molecule has 0 atom stereocenters. The molecule has 0 saturated heterocycles. The summed E-state index contributed by atoms with van der Waals surface area (Å²) in [5.41, 5.74) is 4.71. The normalized spacial score (nSPS) is 11.5. The van der Waals surface area contributed by atoms with Gasteiger partial charge < -0.3 is 10.5 Å². The number of halogens is 4. The van der Waals surface area contributed by atoms with Crippen LogP contribution in [-0.4, -0.2) is 0 Å². The van der Waals surface area contributed by atoms with Gasteiger partial charge in [0.05, 0.1) is 5.56 Å². The lowest BCUT2D eigenvalue weighted by Gasteiger charge is -2.14. The summed E-state index contributed by atoms with van der Waals surface area (Å²) in [7, 11) is 0. The molecule has 0 saturated carbocycles. The molecule has 0 aromatic heterocycles. The zero-order chi connectivity index (χ0) is 15.5. The van der Waals surface area contributed by atoms with Gasteiger partial charge in [-0.25, -0.2) is 4.39 Å². The molecule has 2 N–H and O–H groups in total. The minimum Gasteiger partial charge on any atom is -0.489 e. The number of hydrogen-bond acceptors (Lipinski definition) is 2. The molecule has 2 aromatic rings. The molecule has 112 valence electrons. The van der Waals surface area contributed by atoms with E-state index >= 15 is 0 Å². The highest BCUT2D eigenvalue weighted by atomic mass is 19.4. The summed E-state index contributed by atoms with van der Waals surface area (Å²) < 4.78 is 57.2. The molecule has 2 rings (SSSR count). The zero-order valence-corrected chi connectivity index (χ0v) is 11.0. The first-order valence-corrected chi connectivity index (χ1v) is 6.18. The number of ether oxygens (including phenoxy) is 1. The lowest BCUT2D eigenvalue weighted by molar-refractivity contribution is -0.138. The number of benzene rings is 2. The molecule has 0 amide bonds. The second-order valence-corrected chi connectivity index (χ2v) is 4.40. The minimum absolute atomic E-state index is 0.0132. The fourth-order valence-corrected chi connectivity index (χ4v) is 1.86. The van der Waals surface area contributed by atoms with E-state index in [0.717, 1.165) is 6.07 Å². The van der Waals surface area contributed by atoms with Crippen molar-refractivity contribution in [2.24, 2.45) is 5.73 Å². The Hall–Kier alpha value is -2.08. The van der Waals surface area contributed by atoms with Crippen LogP contribution in [0.1, 0.15) is 16.7 Å². The Kier molecular flexibility index (Phi) is 4.47. The second kappa shape index (κ2) is 6.13. The Balaban J connectivity index is 2.20. The summed E-state index contributed by atoms with van der Waals surface area (Å²) in [6.45, 7) is -0.367. The van der Waals surface area contributed by atoms with Gasteiger partial charge in [-0.2, -0.15) is 13.2 Å². The van der Waals surface area contributed by atoms with Crippen LogP contribution in [0.3, 0.4) is 0 Å². The molecule has 6 heteroatoms. The molecule has 0 aliphatic carbocycles. The van der Waals surface area contributed by atoms with Crippen molar-refractivity contribution >= 4 is 0 Å². The minimum atomic E-state index is -4.51. The highest BCUT2D eigenvalue weighted by Gasteiger charge is 2.33. The van der Waals surface area contributed by atoms with E-state index in [1.165, 1.54) is 30.3 Å². The molecule has 0 spiro atoms. The largest absolute Gasteiger partial charge is 0.489 e. The molecule has 2 aromatic carbocycles. The van der Waals surface area contributed by atoms with E-state index in [1.807, 2.05) is 0 Å². The van der Waals surface area contributed by atoms with Crippen molar-refractivity contribution in [3.8, 4) is 5.75 Å². The third-order valence-corrected chi connectivity index (χ3v) is 2.96. The molecule has 0 bridgehead atoms. The van der Waals surface area contributed by atoms with Gasteiger partial charge in [-0.15, -0.1) is 0 Å². The molecule has 2 nitrogen and oxygen atoms in total. The van der Waals surface area contributed by atoms with Crippen molar-refractivity contribution in [3.05, 3.63) is 65.0 Å². The van der Waals surface area contributed by atoms with Gasteiger partial charge in [-0.1, -0.05) is 24.3 Å². The molecule has 21 heavy (non-hydrogen) atoms. The molecular weight excluding hydrogens is 286 g/mol. The van der Waals surface area contributed by atoms with Gasteiger partial charge >= 0.3 is 6.18 Å². The molecule has 0 aliphatic heterocycles. The van der Waals surface area contributed by atoms with E-state index in [-0.39, 0.29) is 30.0 Å². The monoisotopic (exact) mass is 299 g/mol. The summed E-state index contributed by atoms with van der Waals surface area (Å²) in [5, 5.41) is 0. The Labute approximate surface area is 119 Å². The van der Waals surface area contributed by atoms with Crippen molar-refractivity contribution in [1.29, 1.82) is 0 Å². The number of nitrogens with two attached hydrogens (primary N) is 1. The van der Waals surface area contributed by atoms with Crippen molar-refractivity contribution in [3.63, 3.8) is 0 Å². The predicted octanol–water partition coefficient (Wildman–Crippen LogP) is 3.88. The Morgan fingerprint density at radius 1 is 1.00 bits per heavy atom. The Morgan fingerprint density at radius 2 is 1.71 bits per heavy atom. The van der Waals surface area contributed by atoms with Crippen LogP contribution in [0.2, 0.25) is 0 Å². The number of rotatable bonds is 4. The molecule has 0 fully saturated rings. The highest BCUT2D eigenvalue weighted by Crippen LogP contribution is 2.34. The van der Waals surface area contributed by atoms with Crippen LogP contribution < -0.4 is 10.5 Å². The SMILES string of the molecule is NCc1ccc(OCc2ccccc2F)cc1C(F)(F)F. The average Bonchev–Trinajstić information content (AvgIpc) is 2.45. The maximum Gasteiger partial charge on any atom is 0.416 e. The van der Waals surface area contributed by atoms with Gasteiger partial charge in [-0.05, 0) is 23.8 Å². The molecule has 0 radical (unpaired) electrons. The van der Waals surface area contributed by atoms with E-state index in [9.17, 15) is 17.6 Å². The van der Waals surface area contributed by atoms with Crippen LogP contribution in [0.25, 0.3) is 0 Å². The van der Waals surface area contributed by atoms with Gasteiger partial charge in [0, 0.05) is 12.1 Å². The van der Waals surface area contributed by atoms with Crippen molar-refractivity contribution in [2.75, 3.05) is 0 Å². The summed E-state index contributed by atoms with van der Waals surface area (Å²) in [6, 6.07) is 9.45. The van der Waals surface area contributed by atoms with Crippen molar-refractivity contribution < 1.29 is 22.3 Å². The van der Waals surface area contributed by atoms with E-state index in [4.69, 9.17) is 10.5 Å². The first kappa shape index (κ1) is 15.3. The first-order valence-electron chi connectivity index (χ1n) is 6.18. The van der Waals surface area contributed by atoms with Crippen LogP contribution in [0.15, 0.2) is 42.5 Å². The quantitative estimate of drug-likeness (QED) is 0.870. The van der Waals surface area contributed by atoms with Gasteiger partial charge in [0.15, 0.2) is 0 Å². The van der Waals surface area contributed by atoms with Gasteiger partial charge in [0.25, 0.3) is 0 Å². The summed E-state index contributed by atoms with van der Waals surface area (Å²) >= 11 is 0. The Bertz CT molecular complexity index is 625. The van der Waals surface area contributed by atoms with Crippen LogP contribution in [0.5, 0.6) is 5.75 Å². The van der Waals surface area contributed by atoms with Crippen LogP contribution >= 0.6 is 0 Å². The van der Waals surface area contributed by atoms with Gasteiger partial charge in [0.2, 0.25) is 0 Å². The molecular formula is C15H13F4NO. The van der Waals surface area contributed by atoms with E-state index < -0.39 is 17.6 Å². The highest BCUT2D eigenvalue weighted by molar-refractivity contribution is 5.37. The second-order valence-electron chi connectivity index (χ2n) is 4.40. The van der Waals surface area contributed by atoms with E-state index in [0.29, 0.717) is 0 Å². The Morgan fingerprint density at radius 3 is 2.33 bits per heavy atom. The topological polar surface area (TPSA) is 35.2 Å². The summed E-state index contributed by atoms with van der Waals surface area (Å²) in [6.07, 6.45) is -4.51. The lowest BCUT2D eigenvalue weighted by atomic mass is 10.1. The van der Waals surface area contributed by atoms with Crippen LogP contribution in [-0.2, 0) is 19.3 Å². The summed E-state index contributed by atoms with van der Waals surface area (Å²) in [5.74, 6) is -0.449. The zero-order valence-electron chi connectivity index (χ0n) is 11.0. The fourth-order valence-electron chi connectivity index (χ4n) is 1.86. The maximum absolute atomic E-state index is 13.4. The van der Waals surface area contributed by atoms with E-state index in [1.54, 1.807) is 6.07 Å². The molecule has 0 heterocycles. The van der Waals surface area contributed by atoms with Crippen LogP contribution in [0.4, 0.5) is 17.6 Å². The summed E-state index contributed by atoms with van der Waals surface area (Å²) in [4.78, 5) is 0. The lowest BCUT2D eigenvalue weighted by Crippen LogP contribution is -2.12. The third-order valence-electron chi connectivity index (χ3n) is 2.96. The molecule has 0 aliphatic rings. The predicted molar refractivity (Wildman–Crippen MR) is 70.1 cm³/mol. The molecule has 0 unspecified atom stereocenters. The van der Waals surface area contributed by atoms with Gasteiger partial charge in [-0.3, -0.25) is 0 Å². The smallest absolute Gasteiger partial charge is 0.416 e. The third kappa shape index (κ3) is 3.72. The maximum atomic E-state index is 13.4. The van der Waals surface area contributed by atoms with Crippen molar-refractivity contribution in [1.82, 2.24) is 0 Å². The number of hydrogen-bond donors (Lipinski definition) is 1. The average molecular weight is 299 g/mol.